The highest BCUT2D eigenvalue weighted by atomic mass is 19.1. The fourth-order valence-corrected chi connectivity index (χ4v) is 3.58. The molecule has 1 saturated heterocycles. The van der Waals surface area contributed by atoms with Crippen LogP contribution in [0.2, 0.25) is 0 Å². The van der Waals surface area contributed by atoms with Crippen molar-refractivity contribution >= 4 is 16.6 Å². The van der Waals surface area contributed by atoms with Crippen LogP contribution in [0.3, 0.4) is 0 Å². The van der Waals surface area contributed by atoms with E-state index in [9.17, 15) is 4.39 Å². The Morgan fingerprint density at radius 2 is 1.68 bits per heavy atom. The monoisotopic (exact) mass is 336 g/mol. The van der Waals surface area contributed by atoms with Gasteiger partial charge in [0.2, 0.25) is 0 Å². The number of halogens is 1. The molecular formula is C20H21FN4. The van der Waals surface area contributed by atoms with Gasteiger partial charge in [0.25, 0.3) is 0 Å². The smallest absolute Gasteiger partial charge is 0.159 e. The molecule has 0 N–H and O–H groups in total. The minimum absolute atomic E-state index is 0.0713. The molecule has 4 rings (SSSR count). The van der Waals surface area contributed by atoms with E-state index in [4.69, 9.17) is 0 Å². The van der Waals surface area contributed by atoms with Crippen LogP contribution < -0.4 is 4.90 Å². The van der Waals surface area contributed by atoms with E-state index in [2.05, 4.69) is 39.1 Å². The SMILES string of the molecule is CC(c1ccccc1F)N1CCN(c2nncc3ccccc23)CC1. The summed E-state index contributed by atoms with van der Waals surface area (Å²) >= 11 is 0. The number of benzene rings is 2. The van der Waals surface area contributed by atoms with Crippen molar-refractivity contribution in [2.24, 2.45) is 0 Å². The summed E-state index contributed by atoms with van der Waals surface area (Å²) in [4.78, 5) is 4.60. The summed E-state index contributed by atoms with van der Waals surface area (Å²) < 4.78 is 14.1. The second kappa shape index (κ2) is 6.76. The van der Waals surface area contributed by atoms with Gasteiger partial charge in [-0.25, -0.2) is 4.39 Å². The number of rotatable bonds is 3. The van der Waals surface area contributed by atoms with E-state index in [0.29, 0.717) is 0 Å². The Balaban J connectivity index is 1.51. The van der Waals surface area contributed by atoms with Crippen LogP contribution in [0.25, 0.3) is 10.8 Å². The molecule has 1 atom stereocenters. The summed E-state index contributed by atoms with van der Waals surface area (Å²) in [5.74, 6) is 0.814. The summed E-state index contributed by atoms with van der Waals surface area (Å²) in [5, 5.41) is 10.8. The third kappa shape index (κ3) is 3.07. The van der Waals surface area contributed by atoms with Gasteiger partial charge in [-0.1, -0.05) is 42.5 Å². The zero-order chi connectivity index (χ0) is 17.2. The van der Waals surface area contributed by atoms with Crippen LogP contribution >= 0.6 is 0 Å². The molecule has 5 heteroatoms. The molecule has 128 valence electrons. The second-order valence-electron chi connectivity index (χ2n) is 6.48. The van der Waals surface area contributed by atoms with Gasteiger partial charge in [0.15, 0.2) is 5.82 Å². The first-order chi connectivity index (χ1) is 12.2. The van der Waals surface area contributed by atoms with Crippen LogP contribution in [-0.4, -0.2) is 41.3 Å². The zero-order valence-corrected chi connectivity index (χ0v) is 14.3. The molecule has 0 spiro atoms. The highest BCUT2D eigenvalue weighted by molar-refractivity contribution is 5.91. The van der Waals surface area contributed by atoms with E-state index in [-0.39, 0.29) is 11.9 Å². The highest BCUT2D eigenvalue weighted by Gasteiger charge is 2.25. The normalized spacial score (nSPS) is 17.0. The van der Waals surface area contributed by atoms with Crippen molar-refractivity contribution in [1.29, 1.82) is 0 Å². The fourth-order valence-electron chi connectivity index (χ4n) is 3.58. The number of nitrogens with zero attached hydrogens (tertiary/aromatic N) is 4. The summed E-state index contributed by atoms with van der Waals surface area (Å²) in [6.45, 7) is 5.55. The van der Waals surface area contributed by atoms with Crippen LogP contribution in [0.1, 0.15) is 18.5 Å². The lowest BCUT2D eigenvalue weighted by Gasteiger charge is -2.38. The number of aromatic nitrogens is 2. The molecule has 1 fully saturated rings. The van der Waals surface area contributed by atoms with Gasteiger partial charge < -0.3 is 4.90 Å². The van der Waals surface area contributed by atoms with Gasteiger partial charge in [-0.15, -0.1) is 5.10 Å². The number of hydrogen-bond donors (Lipinski definition) is 0. The molecule has 4 nitrogen and oxygen atoms in total. The molecule has 1 aromatic heterocycles. The first-order valence-electron chi connectivity index (χ1n) is 8.68. The van der Waals surface area contributed by atoms with Crippen LogP contribution in [0, 0.1) is 5.82 Å². The standard InChI is InChI=1S/C20H21FN4/c1-15(17-7-4-5-9-19(17)21)24-10-12-25(13-11-24)20-18-8-3-2-6-16(18)14-22-23-20/h2-9,14-15H,10-13H2,1H3. The van der Waals surface area contributed by atoms with Crippen molar-refractivity contribution in [3.63, 3.8) is 0 Å². The molecule has 1 aliphatic heterocycles. The average molecular weight is 336 g/mol. The van der Waals surface area contributed by atoms with Crippen molar-refractivity contribution in [2.75, 3.05) is 31.1 Å². The van der Waals surface area contributed by atoms with E-state index in [1.807, 2.05) is 24.3 Å². The van der Waals surface area contributed by atoms with Crippen LogP contribution in [0.4, 0.5) is 10.2 Å². The van der Waals surface area contributed by atoms with Gasteiger partial charge in [0, 0.05) is 48.6 Å². The Morgan fingerprint density at radius 3 is 2.48 bits per heavy atom. The Kier molecular flexibility index (Phi) is 4.32. The first kappa shape index (κ1) is 16.0. The highest BCUT2D eigenvalue weighted by Crippen LogP contribution is 2.27. The molecule has 25 heavy (non-hydrogen) atoms. The number of fused-ring (bicyclic) bond motifs is 1. The van der Waals surface area contributed by atoms with Crippen molar-refractivity contribution in [1.82, 2.24) is 15.1 Å². The van der Waals surface area contributed by atoms with Crippen LogP contribution in [0.15, 0.2) is 54.7 Å². The third-order valence-corrected chi connectivity index (χ3v) is 5.07. The molecule has 1 unspecified atom stereocenters. The summed E-state index contributed by atoms with van der Waals surface area (Å²) in [7, 11) is 0. The molecule has 2 aromatic carbocycles. The maximum Gasteiger partial charge on any atom is 0.159 e. The van der Waals surface area contributed by atoms with Gasteiger partial charge in [0.1, 0.15) is 5.82 Å². The minimum atomic E-state index is -0.127. The number of hydrogen-bond acceptors (Lipinski definition) is 4. The lowest BCUT2D eigenvalue weighted by molar-refractivity contribution is 0.195. The topological polar surface area (TPSA) is 32.3 Å². The number of piperazine rings is 1. The third-order valence-electron chi connectivity index (χ3n) is 5.07. The Bertz CT molecular complexity index is 869. The second-order valence-corrected chi connectivity index (χ2v) is 6.48. The molecule has 2 heterocycles. The van der Waals surface area contributed by atoms with Gasteiger partial charge in [0.05, 0.1) is 6.20 Å². The molecule has 0 bridgehead atoms. The van der Waals surface area contributed by atoms with Crippen LogP contribution in [0.5, 0.6) is 0 Å². The number of anilines is 1. The lowest BCUT2D eigenvalue weighted by atomic mass is 10.1. The van der Waals surface area contributed by atoms with Gasteiger partial charge in [-0.05, 0) is 13.0 Å². The predicted octanol–water partition coefficient (Wildman–Crippen LogP) is 3.65. The predicted molar refractivity (Wildman–Crippen MR) is 98.1 cm³/mol. The lowest BCUT2D eigenvalue weighted by Crippen LogP contribution is -2.47. The van der Waals surface area contributed by atoms with E-state index in [1.54, 1.807) is 12.3 Å². The van der Waals surface area contributed by atoms with Gasteiger partial charge >= 0.3 is 0 Å². The summed E-state index contributed by atoms with van der Waals surface area (Å²) in [5.41, 5.74) is 0.765. The largest absolute Gasteiger partial charge is 0.352 e. The van der Waals surface area contributed by atoms with Crippen LogP contribution in [-0.2, 0) is 0 Å². The minimum Gasteiger partial charge on any atom is -0.352 e. The van der Waals surface area contributed by atoms with Crippen molar-refractivity contribution < 1.29 is 4.39 Å². The first-order valence-corrected chi connectivity index (χ1v) is 8.68. The molecule has 0 aliphatic carbocycles. The molecule has 0 amide bonds. The molecule has 1 aliphatic rings. The molecule has 0 radical (unpaired) electrons. The summed E-state index contributed by atoms with van der Waals surface area (Å²) in [6.07, 6.45) is 1.80. The van der Waals surface area contributed by atoms with Gasteiger partial charge in [-0.3, -0.25) is 4.90 Å². The zero-order valence-electron chi connectivity index (χ0n) is 14.3. The molecular weight excluding hydrogens is 315 g/mol. The fraction of sp³-hybridized carbons (Fsp3) is 0.300. The quantitative estimate of drug-likeness (QED) is 0.731. The Morgan fingerprint density at radius 1 is 0.960 bits per heavy atom. The summed E-state index contributed by atoms with van der Waals surface area (Å²) in [6, 6.07) is 15.3. The Hall–Kier alpha value is -2.53. The average Bonchev–Trinajstić information content (AvgIpc) is 2.67. The molecule has 3 aromatic rings. The van der Waals surface area contributed by atoms with E-state index in [1.165, 1.54) is 6.07 Å². The van der Waals surface area contributed by atoms with E-state index >= 15 is 0 Å². The maximum atomic E-state index is 14.1. The van der Waals surface area contributed by atoms with E-state index in [0.717, 1.165) is 48.3 Å². The van der Waals surface area contributed by atoms with Crippen molar-refractivity contribution in [2.45, 2.75) is 13.0 Å². The van der Waals surface area contributed by atoms with E-state index < -0.39 is 0 Å². The van der Waals surface area contributed by atoms with Crippen molar-refractivity contribution in [3.05, 3.63) is 66.1 Å². The molecule has 0 saturated carbocycles. The van der Waals surface area contributed by atoms with Crippen molar-refractivity contribution in [3.8, 4) is 0 Å². The van der Waals surface area contributed by atoms with Gasteiger partial charge in [-0.2, -0.15) is 5.10 Å². The maximum absolute atomic E-state index is 14.1. The Labute approximate surface area is 146 Å².